The summed E-state index contributed by atoms with van der Waals surface area (Å²) >= 11 is 0. The number of aliphatic carboxylic acids is 1. The van der Waals surface area contributed by atoms with Crippen LogP contribution in [0.15, 0.2) is 17.0 Å². The third-order valence-electron chi connectivity index (χ3n) is 3.38. The maximum Gasteiger partial charge on any atom is 0.321 e. The number of nitrogens with one attached hydrogen (secondary N) is 1. The Morgan fingerprint density at radius 1 is 1.17 bits per heavy atom. The van der Waals surface area contributed by atoms with Crippen molar-refractivity contribution in [2.24, 2.45) is 0 Å². The molecule has 1 unspecified atom stereocenters. The maximum absolute atomic E-state index is 12.7. The Kier molecular flexibility index (Phi) is 7.30. The highest BCUT2D eigenvalue weighted by Crippen LogP contribution is 2.37. The first-order chi connectivity index (χ1) is 11.3. The minimum absolute atomic E-state index is 0.00155. The first-order valence-electron chi connectivity index (χ1n) is 7.35. The van der Waals surface area contributed by atoms with Crippen molar-refractivity contribution >= 4 is 16.0 Å². The van der Waals surface area contributed by atoms with Crippen LogP contribution in [-0.2, 0) is 14.8 Å². The average Bonchev–Trinajstić information content (AvgIpc) is 2.56. The quantitative estimate of drug-likeness (QED) is 0.651. The van der Waals surface area contributed by atoms with E-state index in [-0.39, 0.29) is 22.8 Å². The second kappa shape index (κ2) is 8.74. The molecule has 24 heavy (non-hydrogen) atoms. The van der Waals surface area contributed by atoms with Crippen molar-refractivity contribution in [3.63, 3.8) is 0 Å². The SMILES string of the molecule is CCCCC(NS(=O)(=O)c1c(OC)cc(OC)cc1OC)C(=O)O. The zero-order chi connectivity index (χ0) is 18.3. The van der Waals surface area contributed by atoms with Crippen molar-refractivity contribution in [1.29, 1.82) is 0 Å². The Morgan fingerprint density at radius 2 is 1.71 bits per heavy atom. The molecule has 0 aliphatic rings. The third-order valence-corrected chi connectivity index (χ3v) is 4.92. The molecule has 1 atom stereocenters. The van der Waals surface area contributed by atoms with Crippen LogP contribution in [0.2, 0.25) is 0 Å². The van der Waals surface area contributed by atoms with Gasteiger partial charge in [-0.3, -0.25) is 4.79 Å². The number of rotatable bonds is 10. The summed E-state index contributed by atoms with van der Waals surface area (Å²) in [4.78, 5) is 11.0. The average molecular weight is 361 g/mol. The molecular formula is C15H23NO7S. The molecule has 0 spiro atoms. The first kappa shape index (κ1) is 20.0. The molecule has 0 heterocycles. The van der Waals surface area contributed by atoms with Crippen LogP contribution in [-0.4, -0.2) is 46.9 Å². The molecule has 0 radical (unpaired) electrons. The Morgan fingerprint density at radius 3 is 2.08 bits per heavy atom. The minimum atomic E-state index is -4.18. The van der Waals surface area contributed by atoms with Crippen molar-refractivity contribution in [2.75, 3.05) is 21.3 Å². The number of hydrogen-bond donors (Lipinski definition) is 2. The Balaban J connectivity index is 3.33. The predicted octanol–water partition coefficient (Wildman–Crippen LogP) is 1.63. The zero-order valence-corrected chi connectivity index (χ0v) is 15.0. The van der Waals surface area contributed by atoms with Gasteiger partial charge in [-0.05, 0) is 6.42 Å². The fourth-order valence-electron chi connectivity index (χ4n) is 2.13. The minimum Gasteiger partial charge on any atom is -0.496 e. The van der Waals surface area contributed by atoms with Crippen LogP contribution in [0.4, 0.5) is 0 Å². The van der Waals surface area contributed by atoms with Gasteiger partial charge in [0.15, 0.2) is 4.90 Å². The van der Waals surface area contributed by atoms with E-state index in [4.69, 9.17) is 14.2 Å². The topological polar surface area (TPSA) is 111 Å². The summed E-state index contributed by atoms with van der Waals surface area (Å²) in [6, 6.07) is 1.55. The van der Waals surface area contributed by atoms with E-state index in [1.807, 2.05) is 6.92 Å². The predicted molar refractivity (Wildman–Crippen MR) is 87.4 cm³/mol. The van der Waals surface area contributed by atoms with Crippen molar-refractivity contribution in [1.82, 2.24) is 4.72 Å². The number of hydrogen-bond acceptors (Lipinski definition) is 6. The molecule has 0 saturated carbocycles. The molecule has 0 saturated heterocycles. The number of unbranched alkanes of at least 4 members (excludes halogenated alkanes) is 1. The number of benzene rings is 1. The van der Waals surface area contributed by atoms with Gasteiger partial charge in [0.2, 0.25) is 10.0 Å². The van der Waals surface area contributed by atoms with Gasteiger partial charge in [0.05, 0.1) is 21.3 Å². The van der Waals surface area contributed by atoms with Crippen molar-refractivity contribution in [2.45, 2.75) is 37.1 Å². The van der Waals surface area contributed by atoms with Gasteiger partial charge in [-0.2, -0.15) is 4.72 Å². The van der Waals surface area contributed by atoms with Crippen molar-refractivity contribution in [3.8, 4) is 17.2 Å². The van der Waals surface area contributed by atoms with Gasteiger partial charge in [-0.1, -0.05) is 19.8 Å². The normalized spacial score (nSPS) is 12.5. The van der Waals surface area contributed by atoms with Gasteiger partial charge >= 0.3 is 5.97 Å². The van der Waals surface area contributed by atoms with Crippen LogP contribution in [0, 0.1) is 0 Å². The second-order valence-corrected chi connectivity index (χ2v) is 6.67. The van der Waals surface area contributed by atoms with Crippen LogP contribution < -0.4 is 18.9 Å². The van der Waals surface area contributed by atoms with E-state index in [2.05, 4.69) is 4.72 Å². The van der Waals surface area contributed by atoms with Crippen molar-refractivity contribution in [3.05, 3.63) is 12.1 Å². The molecule has 0 bridgehead atoms. The number of carboxylic acids is 1. The Hall–Kier alpha value is -2.00. The molecule has 2 N–H and O–H groups in total. The number of ether oxygens (including phenoxy) is 3. The van der Waals surface area contributed by atoms with Gasteiger partial charge < -0.3 is 19.3 Å². The fourth-order valence-corrected chi connectivity index (χ4v) is 3.65. The number of sulfonamides is 1. The highest BCUT2D eigenvalue weighted by molar-refractivity contribution is 7.89. The molecule has 1 rings (SSSR count). The molecule has 8 nitrogen and oxygen atoms in total. The molecule has 0 aliphatic heterocycles. The van der Waals surface area contributed by atoms with E-state index in [9.17, 15) is 18.3 Å². The fraction of sp³-hybridized carbons (Fsp3) is 0.533. The van der Waals surface area contributed by atoms with E-state index in [0.717, 1.165) is 6.42 Å². The molecular weight excluding hydrogens is 338 g/mol. The molecule has 9 heteroatoms. The molecule has 0 aliphatic carbocycles. The van der Waals surface area contributed by atoms with E-state index >= 15 is 0 Å². The summed E-state index contributed by atoms with van der Waals surface area (Å²) in [6.07, 6.45) is 1.52. The standard InChI is InChI=1S/C15H23NO7S/c1-5-6-7-11(15(17)18)16-24(19,20)14-12(22-3)8-10(21-2)9-13(14)23-4/h8-9,11,16H,5-7H2,1-4H3,(H,17,18). The largest absolute Gasteiger partial charge is 0.496 e. The zero-order valence-electron chi connectivity index (χ0n) is 14.2. The van der Waals surface area contributed by atoms with Gasteiger partial charge in [0.25, 0.3) is 0 Å². The van der Waals surface area contributed by atoms with Crippen LogP contribution >= 0.6 is 0 Å². The summed E-state index contributed by atoms with van der Waals surface area (Å²) in [5.74, 6) is -0.890. The molecule has 0 aromatic heterocycles. The Bertz CT molecular complexity index is 647. The van der Waals surface area contributed by atoms with E-state index in [1.165, 1.54) is 33.5 Å². The lowest BCUT2D eigenvalue weighted by Gasteiger charge is -2.18. The van der Waals surface area contributed by atoms with Gasteiger partial charge in [0.1, 0.15) is 23.3 Å². The molecule has 136 valence electrons. The van der Waals surface area contributed by atoms with E-state index in [0.29, 0.717) is 12.2 Å². The Labute approximate surface area is 141 Å². The molecule has 1 aromatic rings. The van der Waals surface area contributed by atoms with Crippen LogP contribution in [0.25, 0.3) is 0 Å². The van der Waals surface area contributed by atoms with E-state index < -0.39 is 22.0 Å². The lowest BCUT2D eigenvalue weighted by molar-refractivity contribution is -0.139. The number of carboxylic acid groups (broad SMARTS) is 1. The third kappa shape index (κ3) is 4.75. The second-order valence-electron chi connectivity index (χ2n) is 5.02. The van der Waals surface area contributed by atoms with E-state index in [1.54, 1.807) is 0 Å². The van der Waals surface area contributed by atoms with Crippen LogP contribution in [0.3, 0.4) is 0 Å². The highest BCUT2D eigenvalue weighted by atomic mass is 32.2. The summed E-state index contributed by atoms with van der Waals surface area (Å²) in [7, 11) is -0.150. The molecule has 0 fully saturated rings. The summed E-state index contributed by atoms with van der Waals surface area (Å²) in [5, 5.41) is 9.24. The van der Waals surface area contributed by atoms with Crippen LogP contribution in [0.5, 0.6) is 17.2 Å². The number of methoxy groups -OCH3 is 3. The van der Waals surface area contributed by atoms with Gasteiger partial charge in [0, 0.05) is 12.1 Å². The monoisotopic (exact) mass is 361 g/mol. The van der Waals surface area contributed by atoms with Crippen LogP contribution in [0.1, 0.15) is 26.2 Å². The van der Waals surface area contributed by atoms with Gasteiger partial charge in [-0.25, -0.2) is 8.42 Å². The first-order valence-corrected chi connectivity index (χ1v) is 8.84. The summed E-state index contributed by atoms with van der Waals surface area (Å²) in [6.45, 7) is 1.89. The highest BCUT2D eigenvalue weighted by Gasteiger charge is 2.31. The maximum atomic E-state index is 12.7. The lowest BCUT2D eigenvalue weighted by Crippen LogP contribution is -2.40. The molecule has 1 aromatic carbocycles. The number of carbonyl (C=O) groups is 1. The smallest absolute Gasteiger partial charge is 0.321 e. The van der Waals surface area contributed by atoms with Crippen molar-refractivity contribution < 1.29 is 32.5 Å². The molecule has 0 amide bonds. The van der Waals surface area contributed by atoms with Gasteiger partial charge in [-0.15, -0.1) is 0 Å². The summed E-state index contributed by atoms with van der Waals surface area (Å²) < 4.78 is 42.9. The summed E-state index contributed by atoms with van der Waals surface area (Å²) in [5.41, 5.74) is 0. The lowest BCUT2D eigenvalue weighted by atomic mass is 10.1.